The van der Waals surface area contributed by atoms with Crippen LogP contribution in [0.3, 0.4) is 0 Å². The van der Waals surface area contributed by atoms with E-state index in [0.29, 0.717) is 6.04 Å². The maximum atomic E-state index is 12.9. The summed E-state index contributed by atoms with van der Waals surface area (Å²) in [6.45, 7) is 0. The molecule has 0 spiro atoms. The first-order chi connectivity index (χ1) is 10.3. The average molecular weight is 300 g/mol. The third-order valence-electron chi connectivity index (χ3n) is 4.66. The number of hydrogen-bond acceptors (Lipinski definition) is 3. The second-order valence-corrected chi connectivity index (χ2v) is 7.16. The van der Waals surface area contributed by atoms with Crippen molar-refractivity contribution in [2.75, 3.05) is 0 Å². The Labute approximate surface area is 128 Å². The maximum absolute atomic E-state index is 12.9. The molecule has 0 aromatic carbocycles. The van der Waals surface area contributed by atoms with Gasteiger partial charge < -0.3 is 10.3 Å². The fraction of sp³-hybridized carbons (Fsp3) is 0.471. The molecule has 0 saturated heterocycles. The Morgan fingerprint density at radius 2 is 2.10 bits per heavy atom. The first-order valence-corrected chi connectivity index (χ1v) is 8.70. The predicted octanol–water partition coefficient (Wildman–Crippen LogP) is 3.17. The second kappa shape index (κ2) is 5.11. The highest BCUT2D eigenvalue weighted by atomic mass is 32.1. The van der Waals surface area contributed by atoms with E-state index in [0.717, 1.165) is 36.1 Å². The van der Waals surface area contributed by atoms with Gasteiger partial charge in [0.25, 0.3) is 5.56 Å². The molecule has 2 aromatic rings. The van der Waals surface area contributed by atoms with Crippen molar-refractivity contribution in [1.82, 2.24) is 4.57 Å². The van der Waals surface area contributed by atoms with Gasteiger partial charge in [-0.15, -0.1) is 11.3 Å². The second-order valence-electron chi connectivity index (χ2n) is 6.18. The Balaban J connectivity index is 1.88. The molecule has 4 heteroatoms. The Morgan fingerprint density at radius 3 is 2.81 bits per heavy atom. The average Bonchev–Trinajstić information content (AvgIpc) is 3.18. The quantitative estimate of drug-likeness (QED) is 0.946. The molecule has 2 heterocycles. The summed E-state index contributed by atoms with van der Waals surface area (Å²) in [6.07, 6.45) is 6.86. The van der Waals surface area contributed by atoms with E-state index in [4.69, 9.17) is 5.73 Å². The van der Waals surface area contributed by atoms with Crippen molar-refractivity contribution >= 4 is 11.3 Å². The molecule has 1 unspecified atom stereocenters. The van der Waals surface area contributed by atoms with Gasteiger partial charge in [0.2, 0.25) is 0 Å². The fourth-order valence-electron chi connectivity index (χ4n) is 3.42. The van der Waals surface area contributed by atoms with Crippen LogP contribution in [-0.4, -0.2) is 4.57 Å². The van der Waals surface area contributed by atoms with Gasteiger partial charge in [-0.2, -0.15) is 0 Å². The first-order valence-electron chi connectivity index (χ1n) is 7.82. The number of hydrogen-bond donors (Lipinski definition) is 1. The fourth-order valence-corrected chi connectivity index (χ4v) is 4.16. The zero-order valence-corrected chi connectivity index (χ0v) is 12.9. The largest absolute Gasteiger partial charge is 0.319 e. The van der Waals surface area contributed by atoms with Gasteiger partial charge in [0.1, 0.15) is 0 Å². The molecular weight excluding hydrogens is 280 g/mol. The van der Waals surface area contributed by atoms with E-state index in [1.807, 2.05) is 17.5 Å². The van der Waals surface area contributed by atoms with Gasteiger partial charge in [0.15, 0.2) is 0 Å². The molecular formula is C17H20N2OS. The lowest BCUT2D eigenvalue weighted by atomic mass is 9.92. The maximum Gasteiger partial charge on any atom is 0.256 e. The summed E-state index contributed by atoms with van der Waals surface area (Å²) in [5, 5.41) is 2.02. The van der Waals surface area contributed by atoms with Crippen LogP contribution in [0.5, 0.6) is 0 Å². The normalized spacial score (nSPS) is 19.3. The van der Waals surface area contributed by atoms with Crippen molar-refractivity contribution in [3.05, 3.63) is 55.6 Å². The van der Waals surface area contributed by atoms with Gasteiger partial charge in [-0.3, -0.25) is 4.79 Å². The molecule has 0 aliphatic heterocycles. The van der Waals surface area contributed by atoms with Gasteiger partial charge >= 0.3 is 0 Å². The zero-order chi connectivity index (χ0) is 14.4. The van der Waals surface area contributed by atoms with Crippen molar-refractivity contribution in [2.45, 2.75) is 50.6 Å². The molecule has 1 fully saturated rings. The topological polar surface area (TPSA) is 48.0 Å². The summed E-state index contributed by atoms with van der Waals surface area (Å²) in [5.41, 5.74) is 9.96. The van der Waals surface area contributed by atoms with Crippen molar-refractivity contribution in [1.29, 1.82) is 0 Å². The summed E-state index contributed by atoms with van der Waals surface area (Å²) in [7, 11) is 0. The van der Waals surface area contributed by atoms with Gasteiger partial charge in [-0.25, -0.2) is 0 Å². The summed E-state index contributed by atoms with van der Waals surface area (Å²) in [4.78, 5) is 14.0. The number of rotatable bonds is 3. The van der Waals surface area contributed by atoms with Crippen molar-refractivity contribution in [3.8, 4) is 0 Å². The molecule has 0 radical (unpaired) electrons. The Kier molecular flexibility index (Phi) is 3.23. The molecule has 3 nitrogen and oxygen atoms in total. The lowest BCUT2D eigenvalue weighted by Crippen LogP contribution is -2.32. The standard InChI is InChI=1S/C17H20N2OS/c18-16(15-6-3-9-21-15)13-10-11-4-1-2-5-14(11)19(17(13)20)12-7-8-12/h3,6,9-10,12,16H,1-2,4-5,7-8,18H2. The van der Waals surface area contributed by atoms with Gasteiger partial charge in [0, 0.05) is 22.2 Å². The summed E-state index contributed by atoms with van der Waals surface area (Å²) < 4.78 is 2.08. The van der Waals surface area contributed by atoms with Gasteiger partial charge in [0.05, 0.1) is 6.04 Å². The number of fused-ring (bicyclic) bond motifs is 1. The molecule has 0 amide bonds. The van der Waals surface area contributed by atoms with Crippen LogP contribution >= 0.6 is 11.3 Å². The van der Waals surface area contributed by atoms with Gasteiger partial charge in [-0.05, 0) is 61.6 Å². The third-order valence-corrected chi connectivity index (χ3v) is 5.62. The van der Waals surface area contributed by atoms with Crippen LogP contribution in [-0.2, 0) is 12.8 Å². The van der Waals surface area contributed by atoms with Crippen LogP contribution in [0.25, 0.3) is 0 Å². The van der Waals surface area contributed by atoms with Crippen LogP contribution in [0.1, 0.15) is 59.5 Å². The first kappa shape index (κ1) is 13.3. The molecule has 0 bridgehead atoms. The van der Waals surface area contributed by atoms with Crippen LogP contribution in [0, 0.1) is 0 Å². The lowest BCUT2D eigenvalue weighted by Gasteiger charge is -2.23. The molecule has 110 valence electrons. The number of nitrogens with zero attached hydrogens (tertiary/aromatic N) is 1. The number of aryl methyl sites for hydroxylation is 1. The molecule has 1 atom stereocenters. The van der Waals surface area contributed by atoms with E-state index in [1.54, 1.807) is 11.3 Å². The molecule has 2 aromatic heterocycles. The minimum atomic E-state index is -0.283. The number of pyridine rings is 1. The Bertz CT molecular complexity index is 713. The zero-order valence-electron chi connectivity index (χ0n) is 12.0. The smallest absolute Gasteiger partial charge is 0.256 e. The van der Waals surface area contributed by atoms with Crippen molar-refractivity contribution < 1.29 is 0 Å². The minimum Gasteiger partial charge on any atom is -0.319 e. The van der Waals surface area contributed by atoms with Crippen LogP contribution in [0.15, 0.2) is 28.4 Å². The third kappa shape index (κ3) is 2.27. The summed E-state index contributed by atoms with van der Waals surface area (Å²) in [6, 6.07) is 6.27. The molecule has 21 heavy (non-hydrogen) atoms. The highest BCUT2D eigenvalue weighted by Crippen LogP contribution is 2.37. The number of nitrogens with two attached hydrogens (primary N) is 1. The molecule has 2 aliphatic carbocycles. The molecule has 4 rings (SSSR count). The summed E-state index contributed by atoms with van der Waals surface area (Å²) >= 11 is 1.63. The lowest BCUT2D eigenvalue weighted by molar-refractivity contribution is 0.575. The van der Waals surface area contributed by atoms with Crippen molar-refractivity contribution in [3.63, 3.8) is 0 Å². The number of thiophene rings is 1. The Hall–Kier alpha value is -1.39. The van der Waals surface area contributed by atoms with Gasteiger partial charge in [-0.1, -0.05) is 6.07 Å². The van der Waals surface area contributed by atoms with E-state index in [1.165, 1.54) is 24.1 Å². The summed E-state index contributed by atoms with van der Waals surface area (Å²) in [5.74, 6) is 0. The van der Waals surface area contributed by atoms with Crippen LogP contribution in [0.2, 0.25) is 0 Å². The van der Waals surface area contributed by atoms with E-state index in [9.17, 15) is 4.79 Å². The highest BCUT2D eigenvalue weighted by molar-refractivity contribution is 7.10. The monoisotopic (exact) mass is 300 g/mol. The van der Waals surface area contributed by atoms with E-state index < -0.39 is 0 Å². The van der Waals surface area contributed by atoms with E-state index in [2.05, 4.69) is 10.6 Å². The van der Waals surface area contributed by atoms with Crippen LogP contribution < -0.4 is 11.3 Å². The minimum absolute atomic E-state index is 0.152. The molecule has 2 N–H and O–H groups in total. The predicted molar refractivity (Wildman–Crippen MR) is 86.0 cm³/mol. The Morgan fingerprint density at radius 1 is 1.29 bits per heavy atom. The molecule has 2 aliphatic rings. The SMILES string of the molecule is NC(c1cccs1)c1cc2c(n(C3CC3)c1=O)CCCC2. The highest BCUT2D eigenvalue weighted by Gasteiger charge is 2.31. The van der Waals surface area contributed by atoms with Crippen LogP contribution in [0.4, 0.5) is 0 Å². The number of aromatic nitrogens is 1. The van der Waals surface area contributed by atoms with E-state index in [-0.39, 0.29) is 11.6 Å². The molecule has 1 saturated carbocycles. The van der Waals surface area contributed by atoms with E-state index >= 15 is 0 Å². The van der Waals surface area contributed by atoms with Crippen molar-refractivity contribution in [2.24, 2.45) is 5.73 Å².